The van der Waals surface area contributed by atoms with Crippen LogP contribution >= 0.6 is 0 Å². The molecule has 5 nitrogen and oxygen atoms in total. The highest BCUT2D eigenvalue weighted by Crippen LogP contribution is 2.30. The predicted octanol–water partition coefficient (Wildman–Crippen LogP) is 1.56. The van der Waals surface area contributed by atoms with Gasteiger partial charge in [-0.15, -0.1) is 0 Å². The highest BCUT2D eigenvalue weighted by molar-refractivity contribution is 5.49. The minimum absolute atomic E-state index is 0.127. The summed E-state index contributed by atoms with van der Waals surface area (Å²) in [4.78, 5) is 11.1. The van der Waals surface area contributed by atoms with E-state index in [0.29, 0.717) is 11.7 Å². The summed E-state index contributed by atoms with van der Waals surface area (Å²) >= 11 is 0. The van der Waals surface area contributed by atoms with Crippen LogP contribution in [0.5, 0.6) is 0 Å². The summed E-state index contributed by atoms with van der Waals surface area (Å²) < 4.78 is 0. The molecule has 106 valence electrons. The van der Waals surface area contributed by atoms with Gasteiger partial charge in [-0.25, -0.2) is 9.97 Å². The highest BCUT2D eigenvalue weighted by Gasteiger charge is 2.32. The molecule has 3 N–H and O–H groups in total. The molecule has 0 aromatic carbocycles. The molecule has 1 fully saturated rings. The van der Waals surface area contributed by atoms with Gasteiger partial charge in [-0.1, -0.05) is 27.7 Å². The zero-order valence-electron chi connectivity index (χ0n) is 12.2. The van der Waals surface area contributed by atoms with Crippen LogP contribution in [-0.2, 0) is 5.41 Å². The van der Waals surface area contributed by atoms with Crippen molar-refractivity contribution in [2.45, 2.75) is 45.6 Å². The molecule has 1 aliphatic heterocycles. The number of rotatable bonds is 2. The minimum Gasteiger partial charge on any atom is -0.394 e. The topological polar surface area (TPSA) is 75.3 Å². The molecule has 2 unspecified atom stereocenters. The first-order valence-electron chi connectivity index (χ1n) is 6.85. The zero-order valence-corrected chi connectivity index (χ0v) is 12.2. The number of nitrogen functional groups attached to an aromatic ring is 1. The Morgan fingerprint density at radius 1 is 1.42 bits per heavy atom. The molecule has 0 bridgehead atoms. The number of aliphatic hydroxyl groups is 1. The first-order chi connectivity index (χ1) is 8.82. The van der Waals surface area contributed by atoms with Gasteiger partial charge < -0.3 is 15.7 Å². The summed E-state index contributed by atoms with van der Waals surface area (Å²) in [6.07, 6.45) is 1.07. The van der Waals surface area contributed by atoms with Crippen LogP contribution in [0.25, 0.3) is 0 Å². The fraction of sp³-hybridized carbons (Fsp3) is 0.714. The first-order valence-corrected chi connectivity index (χ1v) is 6.85. The number of nitrogens with zero attached hydrogens (tertiary/aromatic N) is 3. The molecule has 0 aliphatic carbocycles. The van der Waals surface area contributed by atoms with Gasteiger partial charge in [0.05, 0.1) is 12.6 Å². The van der Waals surface area contributed by atoms with Crippen molar-refractivity contribution >= 4 is 11.6 Å². The van der Waals surface area contributed by atoms with E-state index in [2.05, 4.69) is 42.6 Å². The fourth-order valence-electron chi connectivity index (χ4n) is 2.51. The minimum atomic E-state index is -0.135. The van der Waals surface area contributed by atoms with Gasteiger partial charge in [0.2, 0.25) is 0 Å². The van der Waals surface area contributed by atoms with Crippen LogP contribution in [0.4, 0.5) is 11.6 Å². The molecule has 0 amide bonds. The number of hydrogen-bond donors (Lipinski definition) is 2. The molecule has 1 aliphatic rings. The van der Waals surface area contributed by atoms with Gasteiger partial charge in [-0.3, -0.25) is 0 Å². The van der Waals surface area contributed by atoms with Crippen molar-refractivity contribution in [1.82, 2.24) is 9.97 Å². The van der Waals surface area contributed by atoms with Crippen molar-refractivity contribution in [3.8, 4) is 0 Å². The highest BCUT2D eigenvalue weighted by atomic mass is 16.3. The Morgan fingerprint density at radius 2 is 2.11 bits per heavy atom. The lowest BCUT2D eigenvalue weighted by molar-refractivity contribution is 0.244. The monoisotopic (exact) mass is 264 g/mol. The van der Waals surface area contributed by atoms with Gasteiger partial charge >= 0.3 is 0 Å². The van der Waals surface area contributed by atoms with Crippen molar-refractivity contribution in [2.75, 3.05) is 23.8 Å². The molecular formula is C14H24N4O. The zero-order chi connectivity index (χ0) is 14.2. The van der Waals surface area contributed by atoms with Gasteiger partial charge in [-0.2, -0.15) is 0 Å². The Bertz CT molecular complexity index is 455. The molecule has 0 radical (unpaired) electrons. The van der Waals surface area contributed by atoms with Crippen molar-refractivity contribution < 1.29 is 5.11 Å². The van der Waals surface area contributed by atoms with E-state index in [0.717, 1.165) is 24.6 Å². The molecule has 19 heavy (non-hydrogen) atoms. The van der Waals surface area contributed by atoms with Crippen molar-refractivity contribution in [3.63, 3.8) is 0 Å². The number of nitrogens with two attached hydrogens (primary N) is 1. The Morgan fingerprint density at radius 3 is 2.68 bits per heavy atom. The lowest BCUT2D eigenvalue weighted by Crippen LogP contribution is -2.36. The molecular weight excluding hydrogens is 240 g/mol. The average molecular weight is 264 g/mol. The lowest BCUT2D eigenvalue weighted by atomic mass is 9.96. The van der Waals surface area contributed by atoms with Crippen LogP contribution in [0.15, 0.2) is 6.07 Å². The van der Waals surface area contributed by atoms with Gasteiger partial charge in [0, 0.05) is 18.0 Å². The molecule has 0 spiro atoms. The van der Waals surface area contributed by atoms with E-state index in [-0.39, 0.29) is 18.1 Å². The quantitative estimate of drug-likeness (QED) is 0.848. The van der Waals surface area contributed by atoms with E-state index in [9.17, 15) is 5.11 Å². The lowest BCUT2D eigenvalue weighted by Gasteiger charge is -2.28. The molecule has 2 atom stereocenters. The van der Waals surface area contributed by atoms with Crippen molar-refractivity contribution in [2.24, 2.45) is 5.92 Å². The Kier molecular flexibility index (Phi) is 3.67. The molecule has 2 heterocycles. The fourth-order valence-corrected chi connectivity index (χ4v) is 2.51. The average Bonchev–Trinajstić information content (AvgIpc) is 2.68. The summed E-state index contributed by atoms with van der Waals surface area (Å²) in [5, 5.41) is 9.55. The number of anilines is 2. The van der Waals surface area contributed by atoms with Gasteiger partial charge in [0.1, 0.15) is 17.5 Å². The second-order valence-corrected chi connectivity index (χ2v) is 6.43. The summed E-state index contributed by atoms with van der Waals surface area (Å²) in [5.41, 5.74) is 5.77. The maximum atomic E-state index is 9.55. The van der Waals surface area contributed by atoms with Crippen molar-refractivity contribution in [3.05, 3.63) is 11.9 Å². The summed E-state index contributed by atoms with van der Waals surface area (Å²) in [5.74, 6) is 2.55. The predicted molar refractivity (Wildman–Crippen MR) is 77.1 cm³/mol. The molecule has 1 aromatic heterocycles. The van der Waals surface area contributed by atoms with Crippen LogP contribution in [0.3, 0.4) is 0 Å². The molecule has 2 rings (SSSR count). The van der Waals surface area contributed by atoms with Crippen molar-refractivity contribution in [1.29, 1.82) is 0 Å². The molecule has 1 aromatic rings. The van der Waals surface area contributed by atoms with Crippen LogP contribution in [0.2, 0.25) is 0 Å². The van der Waals surface area contributed by atoms with E-state index >= 15 is 0 Å². The number of aliphatic hydroxyl groups excluding tert-OH is 1. The summed E-state index contributed by atoms with van der Waals surface area (Å²) in [6, 6.07) is 1.93. The maximum Gasteiger partial charge on any atom is 0.138 e. The van der Waals surface area contributed by atoms with Crippen LogP contribution < -0.4 is 10.6 Å². The third-order valence-corrected chi connectivity index (χ3v) is 3.77. The molecule has 5 heteroatoms. The van der Waals surface area contributed by atoms with E-state index < -0.39 is 0 Å². The maximum absolute atomic E-state index is 9.55. The molecule has 0 saturated carbocycles. The van der Waals surface area contributed by atoms with Gasteiger partial charge in [-0.05, 0) is 12.3 Å². The number of hydrogen-bond acceptors (Lipinski definition) is 5. The van der Waals surface area contributed by atoms with Crippen LogP contribution in [0, 0.1) is 5.92 Å². The van der Waals surface area contributed by atoms with Gasteiger partial charge in [0.25, 0.3) is 0 Å². The third-order valence-electron chi connectivity index (χ3n) is 3.77. The second-order valence-electron chi connectivity index (χ2n) is 6.43. The van der Waals surface area contributed by atoms with E-state index in [1.165, 1.54) is 0 Å². The first kappa shape index (κ1) is 14.1. The third kappa shape index (κ3) is 2.81. The molecule has 1 saturated heterocycles. The number of aromatic nitrogens is 2. The van der Waals surface area contributed by atoms with E-state index in [1.54, 1.807) is 6.07 Å². The summed E-state index contributed by atoms with van der Waals surface area (Å²) in [7, 11) is 0. The van der Waals surface area contributed by atoms with Gasteiger partial charge in [0.15, 0.2) is 0 Å². The largest absolute Gasteiger partial charge is 0.394 e. The van der Waals surface area contributed by atoms with E-state index in [1.807, 2.05) is 0 Å². The second kappa shape index (κ2) is 4.96. The Labute approximate surface area is 114 Å². The SMILES string of the molecule is CC1CCN(c2cc(N)nc(C(C)(C)C)n2)C1CO. The smallest absolute Gasteiger partial charge is 0.138 e. The Hall–Kier alpha value is -1.36. The van der Waals surface area contributed by atoms with Crippen LogP contribution in [0.1, 0.15) is 39.9 Å². The van der Waals surface area contributed by atoms with E-state index in [4.69, 9.17) is 5.73 Å². The summed E-state index contributed by atoms with van der Waals surface area (Å²) in [6.45, 7) is 9.43. The normalized spacial score (nSPS) is 23.9. The Balaban J connectivity index is 2.37. The van der Waals surface area contributed by atoms with Crippen LogP contribution in [-0.4, -0.2) is 34.3 Å². The standard InChI is InChI=1S/C14H24N4O/c1-9-5-6-18(10(9)8-19)12-7-11(15)16-13(17-12)14(2,3)4/h7,9-10,19H,5-6,8H2,1-4H3,(H2,15,16,17).